The average molecular weight is 525 g/mol. The molecule has 6 aromatic rings. The van der Waals surface area contributed by atoms with E-state index in [9.17, 15) is 0 Å². The third-order valence-corrected chi connectivity index (χ3v) is 8.42. The van der Waals surface area contributed by atoms with Crippen LogP contribution in [-0.2, 0) is 5.41 Å². The summed E-state index contributed by atoms with van der Waals surface area (Å²) in [6, 6.07) is 49.7. The second kappa shape index (κ2) is 10.2. The van der Waals surface area contributed by atoms with Crippen molar-refractivity contribution in [2.45, 2.75) is 22.1 Å². The van der Waals surface area contributed by atoms with Crippen molar-refractivity contribution in [1.29, 1.82) is 0 Å². The van der Waals surface area contributed by atoms with Gasteiger partial charge in [-0.15, -0.1) is 25.3 Å². The Balaban J connectivity index is 1.62. The van der Waals surface area contributed by atoms with Gasteiger partial charge in [0.05, 0.1) is 0 Å². The number of benzene rings is 6. The molecule has 0 aliphatic heterocycles. The molecule has 6 rings (SSSR count). The van der Waals surface area contributed by atoms with Crippen LogP contribution >= 0.6 is 25.3 Å². The van der Waals surface area contributed by atoms with Crippen LogP contribution in [0.25, 0.3) is 33.0 Å². The van der Waals surface area contributed by atoms with Gasteiger partial charge in [0.25, 0.3) is 0 Å². The topological polar surface area (TPSA) is 0 Å². The molecule has 0 bridgehead atoms. The van der Waals surface area contributed by atoms with Crippen molar-refractivity contribution in [3.05, 3.63) is 156 Å². The van der Waals surface area contributed by atoms with Crippen LogP contribution in [-0.4, -0.2) is 0 Å². The largest absolute Gasteiger partial charge is 0.143 e. The zero-order valence-corrected chi connectivity index (χ0v) is 23.0. The first-order chi connectivity index (χ1) is 18.5. The van der Waals surface area contributed by atoms with Gasteiger partial charge in [-0.25, -0.2) is 0 Å². The molecule has 0 aliphatic carbocycles. The standard InChI is InChI=1S/C36H28S2/c1-36(29-17-16-25-10-8-9-15-28(25)22-29,30-18-20-34(37)32(23-30)26-11-4-2-5-12-26)31-19-21-35(38)33(24-31)27-13-6-3-7-14-27/h2-24,37-38H,1H3. The van der Waals surface area contributed by atoms with Crippen LogP contribution < -0.4 is 0 Å². The van der Waals surface area contributed by atoms with E-state index in [4.69, 9.17) is 25.3 Å². The van der Waals surface area contributed by atoms with Crippen molar-refractivity contribution in [2.75, 3.05) is 0 Å². The number of hydrogen-bond donors (Lipinski definition) is 2. The average Bonchev–Trinajstić information content (AvgIpc) is 2.98. The van der Waals surface area contributed by atoms with Gasteiger partial charge in [0, 0.05) is 15.2 Å². The number of hydrogen-bond acceptors (Lipinski definition) is 2. The first-order valence-corrected chi connectivity index (χ1v) is 13.7. The predicted molar refractivity (Wildman–Crippen MR) is 168 cm³/mol. The Bertz CT molecular complexity index is 1650. The van der Waals surface area contributed by atoms with Gasteiger partial charge in [0.15, 0.2) is 0 Å². The van der Waals surface area contributed by atoms with E-state index < -0.39 is 5.41 Å². The maximum atomic E-state index is 4.84. The van der Waals surface area contributed by atoms with Crippen LogP contribution in [0.5, 0.6) is 0 Å². The molecule has 0 aliphatic rings. The maximum absolute atomic E-state index is 4.84. The van der Waals surface area contributed by atoms with Gasteiger partial charge in [0.2, 0.25) is 0 Å². The van der Waals surface area contributed by atoms with Gasteiger partial charge < -0.3 is 0 Å². The SMILES string of the molecule is CC(c1ccc(S)c(-c2ccccc2)c1)(c1ccc(S)c(-c2ccccc2)c1)c1ccc2ccccc2c1. The van der Waals surface area contributed by atoms with Gasteiger partial charge >= 0.3 is 0 Å². The Morgan fingerprint density at radius 1 is 0.421 bits per heavy atom. The highest BCUT2D eigenvalue weighted by Crippen LogP contribution is 2.44. The molecule has 0 saturated carbocycles. The van der Waals surface area contributed by atoms with Crippen molar-refractivity contribution >= 4 is 36.0 Å². The molecule has 0 unspecified atom stereocenters. The molecule has 0 nitrogen and oxygen atoms in total. The van der Waals surface area contributed by atoms with E-state index in [1.165, 1.54) is 27.5 Å². The zero-order chi connectivity index (χ0) is 26.1. The van der Waals surface area contributed by atoms with E-state index in [2.05, 4.69) is 146 Å². The highest BCUT2D eigenvalue weighted by atomic mass is 32.1. The minimum Gasteiger partial charge on any atom is -0.143 e. The summed E-state index contributed by atoms with van der Waals surface area (Å²) in [4.78, 5) is 1.94. The molecule has 0 atom stereocenters. The molecule has 184 valence electrons. The minimum atomic E-state index is -0.417. The Morgan fingerprint density at radius 3 is 1.37 bits per heavy atom. The van der Waals surface area contributed by atoms with Gasteiger partial charge in [-0.1, -0.05) is 109 Å². The summed E-state index contributed by atoms with van der Waals surface area (Å²) in [7, 11) is 0. The quantitative estimate of drug-likeness (QED) is 0.163. The predicted octanol–water partition coefficient (Wildman–Crippen LogP) is 10.1. The second-order valence-electron chi connectivity index (χ2n) is 9.88. The Labute approximate surface area is 235 Å². The molecule has 38 heavy (non-hydrogen) atoms. The van der Waals surface area contributed by atoms with Gasteiger partial charge in [0.1, 0.15) is 0 Å². The second-order valence-corrected chi connectivity index (χ2v) is 10.8. The van der Waals surface area contributed by atoms with Gasteiger partial charge in [-0.2, -0.15) is 0 Å². The molecular weight excluding hydrogens is 497 g/mol. The van der Waals surface area contributed by atoms with Crippen LogP contribution in [0, 0.1) is 0 Å². The van der Waals surface area contributed by atoms with Crippen LogP contribution in [0.1, 0.15) is 23.6 Å². The number of thiol groups is 2. The van der Waals surface area contributed by atoms with Crippen molar-refractivity contribution in [2.24, 2.45) is 0 Å². The molecule has 0 N–H and O–H groups in total. The fourth-order valence-electron chi connectivity index (χ4n) is 5.39. The lowest BCUT2D eigenvalue weighted by Gasteiger charge is -2.33. The fourth-order valence-corrected chi connectivity index (χ4v) is 5.93. The first kappa shape index (κ1) is 24.6. The molecule has 2 heteroatoms. The van der Waals surface area contributed by atoms with E-state index in [0.29, 0.717) is 0 Å². The molecular formula is C36H28S2. The maximum Gasteiger partial charge on any atom is 0.0423 e. The number of fused-ring (bicyclic) bond motifs is 1. The van der Waals surface area contributed by atoms with Crippen molar-refractivity contribution in [3.8, 4) is 22.3 Å². The summed E-state index contributed by atoms with van der Waals surface area (Å²) in [5, 5.41) is 2.48. The molecule has 0 aromatic heterocycles. The van der Waals surface area contributed by atoms with Crippen molar-refractivity contribution in [3.63, 3.8) is 0 Å². The monoisotopic (exact) mass is 524 g/mol. The zero-order valence-electron chi connectivity index (χ0n) is 21.2. The van der Waals surface area contributed by atoms with Crippen LogP contribution in [0.4, 0.5) is 0 Å². The summed E-state index contributed by atoms with van der Waals surface area (Å²) >= 11 is 9.69. The van der Waals surface area contributed by atoms with Gasteiger partial charge in [-0.3, -0.25) is 0 Å². The Hall–Kier alpha value is -3.72. The van der Waals surface area contributed by atoms with Crippen LogP contribution in [0.15, 0.2) is 149 Å². The molecule has 0 radical (unpaired) electrons. The molecule has 0 saturated heterocycles. The highest BCUT2D eigenvalue weighted by Gasteiger charge is 2.32. The molecule has 0 fully saturated rings. The van der Waals surface area contributed by atoms with E-state index >= 15 is 0 Å². The van der Waals surface area contributed by atoms with E-state index in [0.717, 1.165) is 32.0 Å². The Morgan fingerprint density at radius 2 is 0.842 bits per heavy atom. The molecule has 6 aromatic carbocycles. The molecule has 0 heterocycles. The normalized spacial score (nSPS) is 11.6. The summed E-state index contributed by atoms with van der Waals surface area (Å²) in [5.41, 5.74) is 7.85. The number of rotatable bonds is 5. The van der Waals surface area contributed by atoms with E-state index in [1.54, 1.807) is 0 Å². The highest BCUT2D eigenvalue weighted by molar-refractivity contribution is 7.80. The summed E-state index contributed by atoms with van der Waals surface area (Å²) in [6.07, 6.45) is 0. The lowest BCUT2D eigenvalue weighted by molar-refractivity contribution is 0.693. The third-order valence-electron chi connectivity index (χ3n) is 7.64. The summed E-state index contributed by atoms with van der Waals surface area (Å²) in [6.45, 7) is 2.34. The fraction of sp³-hybridized carbons (Fsp3) is 0.0556. The van der Waals surface area contributed by atoms with E-state index in [-0.39, 0.29) is 0 Å². The molecule has 0 amide bonds. The van der Waals surface area contributed by atoms with Crippen molar-refractivity contribution < 1.29 is 0 Å². The summed E-state index contributed by atoms with van der Waals surface area (Å²) in [5.74, 6) is 0. The first-order valence-electron chi connectivity index (χ1n) is 12.8. The lowest BCUT2D eigenvalue weighted by Crippen LogP contribution is -2.25. The lowest BCUT2D eigenvalue weighted by atomic mass is 9.70. The molecule has 0 spiro atoms. The van der Waals surface area contributed by atoms with Crippen molar-refractivity contribution in [1.82, 2.24) is 0 Å². The van der Waals surface area contributed by atoms with Crippen LogP contribution in [0.2, 0.25) is 0 Å². The third kappa shape index (κ3) is 4.45. The Kier molecular flexibility index (Phi) is 6.61. The minimum absolute atomic E-state index is 0.417. The van der Waals surface area contributed by atoms with E-state index in [1.807, 2.05) is 0 Å². The smallest absolute Gasteiger partial charge is 0.0423 e. The summed E-state index contributed by atoms with van der Waals surface area (Å²) < 4.78 is 0. The van der Waals surface area contributed by atoms with Gasteiger partial charge in [-0.05, 0) is 87.0 Å². The van der Waals surface area contributed by atoms with Crippen LogP contribution in [0.3, 0.4) is 0 Å².